The first-order valence-electron chi connectivity index (χ1n) is 7.38. The highest BCUT2D eigenvalue weighted by Crippen LogP contribution is 2.46. The number of carbonyl (C=O) groups excluding carboxylic acids is 1. The summed E-state index contributed by atoms with van der Waals surface area (Å²) in [4.78, 5) is 11.2. The quantitative estimate of drug-likeness (QED) is 0.689. The van der Waals surface area contributed by atoms with E-state index in [9.17, 15) is 48.7 Å². The monoisotopic (exact) mass is 437 g/mol. The van der Waals surface area contributed by atoms with Crippen LogP contribution in [0.5, 0.6) is 0 Å². The van der Waals surface area contributed by atoms with Gasteiger partial charge in [0.25, 0.3) is 0 Å². The number of nitrogens with zero attached hydrogens (tertiary/aromatic N) is 2. The summed E-state index contributed by atoms with van der Waals surface area (Å²) >= 11 is 0. The van der Waals surface area contributed by atoms with Gasteiger partial charge >= 0.3 is 30.1 Å². The second-order valence-electron chi connectivity index (χ2n) is 5.73. The molecule has 1 N–H and O–H groups in total. The molecule has 0 radical (unpaired) electrons. The number of anilines is 1. The van der Waals surface area contributed by atoms with Crippen LogP contribution >= 0.6 is 0 Å². The molecule has 160 valence electrons. The van der Waals surface area contributed by atoms with E-state index in [2.05, 4.69) is 5.10 Å². The first kappa shape index (κ1) is 22.5. The van der Waals surface area contributed by atoms with Crippen LogP contribution in [0.3, 0.4) is 0 Å². The Hall–Kier alpha value is -2.80. The van der Waals surface area contributed by atoms with Crippen molar-refractivity contribution < 1.29 is 48.7 Å². The molecule has 0 aliphatic carbocycles. The van der Waals surface area contributed by atoms with Crippen molar-refractivity contribution in [3.63, 3.8) is 0 Å². The van der Waals surface area contributed by atoms with Crippen LogP contribution in [0, 0.1) is 0 Å². The molecule has 1 heterocycles. The zero-order valence-electron chi connectivity index (χ0n) is 13.8. The van der Waals surface area contributed by atoms with Crippen molar-refractivity contribution >= 4 is 11.6 Å². The number of alkyl halides is 10. The Morgan fingerprint density at radius 1 is 1.00 bits per heavy atom. The van der Waals surface area contributed by atoms with Crippen molar-refractivity contribution in [3.05, 3.63) is 47.8 Å². The average molecular weight is 437 g/mol. The fourth-order valence-electron chi connectivity index (χ4n) is 2.08. The Balaban J connectivity index is 2.14. The maximum Gasteiger partial charge on any atom is 0.460 e. The maximum atomic E-state index is 13.3. The molecular weight excluding hydrogens is 428 g/mol. The lowest BCUT2D eigenvalue weighted by molar-refractivity contribution is -0.343. The van der Waals surface area contributed by atoms with E-state index in [0.29, 0.717) is 6.20 Å². The van der Waals surface area contributed by atoms with Gasteiger partial charge in [0.1, 0.15) is 0 Å². The first-order chi connectivity index (χ1) is 13.1. The molecule has 0 aliphatic rings. The molecule has 4 nitrogen and oxygen atoms in total. The van der Waals surface area contributed by atoms with E-state index in [1.807, 2.05) is 0 Å². The number of aromatic nitrogens is 2. The minimum absolute atomic E-state index is 0.0646. The Morgan fingerprint density at radius 2 is 1.62 bits per heavy atom. The smallest absolute Gasteiger partial charge is 0.318 e. The number of carbonyl (C=O) groups is 1. The summed E-state index contributed by atoms with van der Waals surface area (Å²) in [5, 5.41) is 4.69. The summed E-state index contributed by atoms with van der Waals surface area (Å²) in [6, 6.07) is 3.91. The summed E-state index contributed by atoms with van der Waals surface area (Å²) in [6.45, 7) is -0.338. The molecule has 0 fully saturated rings. The predicted octanol–water partition coefficient (Wildman–Crippen LogP) is 4.72. The van der Waals surface area contributed by atoms with E-state index in [4.69, 9.17) is 0 Å². The van der Waals surface area contributed by atoms with Gasteiger partial charge in [0.05, 0.1) is 24.0 Å². The van der Waals surface area contributed by atoms with E-state index in [-0.39, 0.29) is 12.1 Å². The third-order valence-electron chi connectivity index (χ3n) is 3.53. The van der Waals surface area contributed by atoms with Gasteiger partial charge in [0.2, 0.25) is 0 Å². The van der Waals surface area contributed by atoms with Gasteiger partial charge in [-0.3, -0.25) is 9.48 Å². The minimum Gasteiger partial charge on any atom is -0.318 e. The lowest BCUT2D eigenvalue weighted by Crippen LogP contribution is -2.57. The van der Waals surface area contributed by atoms with E-state index < -0.39 is 41.4 Å². The maximum absolute atomic E-state index is 13.3. The second kappa shape index (κ2) is 7.22. The number of hydrogen-bond donors (Lipinski definition) is 1. The van der Waals surface area contributed by atoms with E-state index in [1.54, 1.807) is 0 Å². The third-order valence-corrected chi connectivity index (χ3v) is 3.53. The fourth-order valence-corrected chi connectivity index (χ4v) is 2.08. The summed E-state index contributed by atoms with van der Waals surface area (Å²) in [5.74, 6) is -15.7. The SMILES string of the molecule is O=C(Nc1cnn(Cc2cccc(C(F)(F)F)c2)c1)C(F)(F)C(F)(F)C(F)(F)F. The molecule has 0 saturated carbocycles. The van der Waals surface area contributed by atoms with Crippen molar-refractivity contribution in [3.8, 4) is 0 Å². The van der Waals surface area contributed by atoms with E-state index >= 15 is 0 Å². The van der Waals surface area contributed by atoms with Crippen LogP contribution in [0.4, 0.5) is 49.6 Å². The number of benzene rings is 1. The van der Waals surface area contributed by atoms with E-state index in [0.717, 1.165) is 29.1 Å². The Labute approximate surface area is 155 Å². The van der Waals surface area contributed by atoms with Gasteiger partial charge in [0, 0.05) is 6.20 Å². The molecule has 0 bridgehead atoms. The van der Waals surface area contributed by atoms with Crippen LogP contribution in [0.2, 0.25) is 0 Å². The van der Waals surface area contributed by atoms with Crippen LogP contribution in [-0.2, 0) is 17.5 Å². The van der Waals surface area contributed by atoms with Gasteiger partial charge in [0.15, 0.2) is 0 Å². The number of hydrogen-bond acceptors (Lipinski definition) is 2. The molecule has 1 amide bonds. The molecule has 1 aromatic carbocycles. The molecule has 2 rings (SSSR count). The summed E-state index contributed by atoms with van der Waals surface area (Å²) < 4.78 is 127. The zero-order chi connectivity index (χ0) is 22.3. The van der Waals surface area contributed by atoms with Gasteiger partial charge in [-0.1, -0.05) is 12.1 Å². The molecular formula is C15H9F10N3O. The standard InChI is InChI=1S/C15H9F10N3O/c16-12(17,14(21,22)15(23,24)25)11(29)27-10-5-26-28(7-10)6-8-2-1-3-9(4-8)13(18,19)20/h1-5,7H,6H2,(H,27,29). The lowest BCUT2D eigenvalue weighted by Gasteiger charge is -2.26. The second-order valence-corrected chi connectivity index (χ2v) is 5.73. The Bertz CT molecular complexity index is 885. The van der Waals surface area contributed by atoms with Crippen LogP contribution in [0.1, 0.15) is 11.1 Å². The van der Waals surface area contributed by atoms with Crippen LogP contribution in [0.25, 0.3) is 0 Å². The molecule has 0 saturated heterocycles. The predicted molar refractivity (Wildman–Crippen MR) is 77.4 cm³/mol. The van der Waals surface area contributed by atoms with Crippen LogP contribution in [-0.4, -0.2) is 33.7 Å². The highest BCUT2D eigenvalue weighted by Gasteiger charge is 2.76. The van der Waals surface area contributed by atoms with Gasteiger partial charge in [-0.25, -0.2) is 0 Å². The lowest BCUT2D eigenvalue weighted by atomic mass is 10.1. The molecule has 0 unspecified atom stereocenters. The number of amides is 1. The minimum atomic E-state index is -6.68. The van der Waals surface area contributed by atoms with Gasteiger partial charge < -0.3 is 5.32 Å². The van der Waals surface area contributed by atoms with Crippen LogP contribution in [0.15, 0.2) is 36.7 Å². The summed E-state index contributed by atoms with van der Waals surface area (Å²) in [5.41, 5.74) is -1.58. The topological polar surface area (TPSA) is 46.9 Å². The van der Waals surface area contributed by atoms with Gasteiger partial charge in [-0.2, -0.15) is 49.0 Å². The highest BCUT2D eigenvalue weighted by atomic mass is 19.4. The van der Waals surface area contributed by atoms with Crippen molar-refractivity contribution in [1.29, 1.82) is 0 Å². The molecule has 14 heteroatoms. The fraction of sp³-hybridized carbons (Fsp3) is 0.333. The van der Waals surface area contributed by atoms with E-state index in [1.165, 1.54) is 11.4 Å². The Kier molecular flexibility index (Phi) is 5.60. The van der Waals surface area contributed by atoms with Crippen molar-refractivity contribution in [2.45, 2.75) is 30.7 Å². The number of halogens is 10. The largest absolute Gasteiger partial charge is 0.460 e. The summed E-state index contributed by atoms with van der Waals surface area (Å²) in [6.07, 6.45) is -9.90. The van der Waals surface area contributed by atoms with Crippen molar-refractivity contribution in [2.75, 3.05) is 5.32 Å². The molecule has 0 spiro atoms. The third kappa shape index (κ3) is 4.62. The normalized spacial score (nSPS) is 13.4. The average Bonchev–Trinajstić information content (AvgIpc) is 3.00. The zero-order valence-corrected chi connectivity index (χ0v) is 13.8. The Morgan fingerprint density at radius 3 is 2.17 bits per heavy atom. The van der Waals surface area contributed by atoms with Crippen LogP contribution < -0.4 is 5.32 Å². The van der Waals surface area contributed by atoms with Crippen molar-refractivity contribution in [1.82, 2.24) is 9.78 Å². The highest BCUT2D eigenvalue weighted by molar-refractivity contribution is 5.96. The molecule has 0 aliphatic heterocycles. The molecule has 1 aromatic heterocycles. The van der Waals surface area contributed by atoms with Gasteiger partial charge in [-0.15, -0.1) is 0 Å². The van der Waals surface area contributed by atoms with Crippen molar-refractivity contribution in [2.24, 2.45) is 0 Å². The molecule has 0 atom stereocenters. The first-order valence-corrected chi connectivity index (χ1v) is 7.38. The molecule has 29 heavy (non-hydrogen) atoms. The summed E-state index contributed by atoms with van der Waals surface area (Å²) in [7, 11) is 0. The number of rotatable bonds is 5. The van der Waals surface area contributed by atoms with Gasteiger partial charge in [-0.05, 0) is 17.7 Å². The molecule has 2 aromatic rings. The number of nitrogens with one attached hydrogen (secondary N) is 1.